The molecule has 0 saturated heterocycles. The number of nitrogens with zero attached hydrogens (tertiary/aromatic N) is 2. The molecule has 3 rings (SSSR count). The first-order valence-electron chi connectivity index (χ1n) is 6.86. The van der Waals surface area contributed by atoms with Gasteiger partial charge in [0.1, 0.15) is 17.1 Å². The van der Waals surface area contributed by atoms with E-state index in [1.165, 1.54) is 18.2 Å². The molecule has 0 bridgehead atoms. The van der Waals surface area contributed by atoms with E-state index in [-0.39, 0.29) is 26.7 Å². The van der Waals surface area contributed by atoms with Gasteiger partial charge >= 0.3 is 11.7 Å². The lowest BCUT2D eigenvalue weighted by Crippen LogP contribution is -2.41. The number of carbonyl (C=O) groups is 1. The van der Waals surface area contributed by atoms with Crippen molar-refractivity contribution >= 4 is 55.1 Å². The van der Waals surface area contributed by atoms with E-state index in [2.05, 4.69) is 15.9 Å². The van der Waals surface area contributed by atoms with Crippen molar-refractivity contribution in [3.63, 3.8) is 0 Å². The van der Waals surface area contributed by atoms with E-state index >= 15 is 0 Å². The summed E-state index contributed by atoms with van der Waals surface area (Å²) in [6.07, 6.45) is 0. The standard InChI is InChI=1S/C15H9BrClFN2O4S/c16-8-2-1-7(9(18)3-8)5-20-14(23)13-10(4-11(17)25-13)19(15(20)24)6-12(21)22/h1-4H,5-6H2,(H,21,22). The van der Waals surface area contributed by atoms with Gasteiger partial charge in [0.05, 0.1) is 16.4 Å². The fraction of sp³-hybridized carbons (Fsp3) is 0.133. The Morgan fingerprint density at radius 2 is 2.00 bits per heavy atom. The number of rotatable bonds is 4. The van der Waals surface area contributed by atoms with Crippen molar-refractivity contribution < 1.29 is 14.3 Å². The molecular formula is C15H9BrClFN2O4S. The van der Waals surface area contributed by atoms with Gasteiger partial charge in [-0.3, -0.25) is 18.7 Å². The summed E-state index contributed by atoms with van der Waals surface area (Å²) in [7, 11) is 0. The van der Waals surface area contributed by atoms with Crippen LogP contribution in [0.2, 0.25) is 4.34 Å². The average molecular weight is 448 g/mol. The Kier molecular flexibility index (Phi) is 4.81. The lowest BCUT2D eigenvalue weighted by molar-refractivity contribution is -0.137. The number of fused-ring (bicyclic) bond motifs is 1. The number of carboxylic acid groups (broad SMARTS) is 1. The fourth-order valence-corrected chi connectivity index (χ4v) is 3.92. The van der Waals surface area contributed by atoms with Gasteiger partial charge in [0, 0.05) is 10.0 Å². The van der Waals surface area contributed by atoms with Crippen LogP contribution in [0.1, 0.15) is 5.56 Å². The summed E-state index contributed by atoms with van der Waals surface area (Å²) in [5, 5.41) is 9.04. The van der Waals surface area contributed by atoms with Gasteiger partial charge in [-0.05, 0) is 18.2 Å². The van der Waals surface area contributed by atoms with E-state index in [1.54, 1.807) is 6.07 Å². The normalized spacial score (nSPS) is 11.2. The number of halogens is 3. The molecule has 0 amide bonds. The van der Waals surface area contributed by atoms with Crippen LogP contribution in [0.15, 0.2) is 38.3 Å². The maximum Gasteiger partial charge on any atom is 0.332 e. The largest absolute Gasteiger partial charge is 0.480 e. The molecule has 0 fully saturated rings. The van der Waals surface area contributed by atoms with Crippen LogP contribution in [0.3, 0.4) is 0 Å². The van der Waals surface area contributed by atoms with Gasteiger partial charge in [-0.1, -0.05) is 33.6 Å². The Labute approximate surface area is 156 Å². The maximum atomic E-state index is 14.1. The van der Waals surface area contributed by atoms with Gasteiger partial charge in [-0.15, -0.1) is 11.3 Å². The quantitative estimate of drug-likeness (QED) is 0.667. The summed E-state index contributed by atoms with van der Waals surface area (Å²) in [4.78, 5) is 36.3. The first-order chi connectivity index (χ1) is 11.8. The average Bonchev–Trinajstić information content (AvgIpc) is 2.91. The first kappa shape index (κ1) is 17.8. The molecule has 6 nitrogen and oxygen atoms in total. The van der Waals surface area contributed by atoms with Crippen LogP contribution in [0.4, 0.5) is 4.39 Å². The van der Waals surface area contributed by atoms with Crippen LogP contribution in [-0.4, -0.2) is 20.2 Å². The Morgan fingerprint density at radius 1 is 1.28 bits per heavy atom. The van der Waals surface area contributed by atoms with Crippen molar-refractivity contribution in [2.45, 2.75) is 13.1 Å². The van der Waals surface area contributed by atoms with Crippen molar-refractivity contribution in [3.05, 3.63) is 65.3 Å². The molecule has 3 aromatic rings. The Hall–Kier alpha value is -1.97. The number of hydrogen-bond acceptors (Lipinski definition) is 4. The van der Waals surface area contributed by atoms with E-state index in [4.69, 9.17) is 16.7 Å². The van der Waals surface area contributed by atoms with Gasteiger partial charge < -0.3 is 5.11 Å². The van der Waals surface area contributed by atoms with E-state index in [0.29, 0.717) is 4.47 Å². The number of aliphatic carboxylic acids is 1. The van der Waals surface area contributed by atoms with Gasteiger partial charge in [0.2, 0.25) is 0 Å². The summed E-state index contributed by atoms with van der Waals surface area (Å²) in [5.41, 5.74) is -1.19. The Morgan fingerprint density at radius 3 is 2.64 bits per heavy atom. The lowest BCUT2D eigenvalue weighted by Gasteiger charge is -2.11. The van der Waals surface area contributed by atoms with Crippen LogP contribution in [-0.2, 0) is 17.9 Å². The molecule has 2 heterocycles. The van der Waals surface area contributed by atoms with Crippen molar-refractivity contribution in [1.82, 2.24) is 9.13 Å². The summed E-state index contributed by atoms with van der Waals surface area (Å²) < 4.78 is 16.7. The van der Waals surface area contributed by atoms with E-state index < -0.39 is 29.6 Å². The fourth-order valence-electron chi connectivity index (χ4n) is 2.41. The molecule has 0 aliphatic heterocycles. The summed E-state index contributed by atoms with van der Waals surface area (Å²) in [6.45, 7) is -0.951. The van der Waals surface area contributed by atoms with Crippen molar-refractivity contribution in [1.29, 1.82) is 0 Å². The third-order valence-electron chi connectivity index (χ3n) is 3.51. The Bertz CT molecular complexity index is 1120. The van der Waals surface area contributed by atoms with Crippen LogP contribution >= 0.6 is 38.9 Å². The van der Waals surface area contributed by atoms with Crippen LogP contribution < -0.4 is 11.2 Å². The molecule has 25 heavy (non-hydrogen) atoms. The molecule has 1 N–H and O–H groups in total. The highest BCUT2D eigenvalue weighted by atomic mass is 79.9. The molecule has 1 aromatic carbocycles. The third-order valence-corrected chi connectivity index (χ3v) is 5.25. The molecule has 0 atom stereocenters. The molecule has 0 aliphatic carbocycles. The Balaban J connectivity index is 2.25. The van der Waals surface area contributed by atoms with Gasteiger partial charge in [-0.2, -0.15) is 0 Å². The highest BCUT2D eigenvalue weighted by Gasteiger charge is 2.18. The predicted molar refractivity (Wildman–Crippen MR) is 96.2 cm³/mol. The maximum absolute atomic E-state index is 14.1. The van der Waals surface area contributed by atoms with Gasteiger partial charge in [0.25, 0.3) is 5.56 Å². The van der Waals surface area contributed by atoms with Gasteiger partial charge in [0.15, 0.2) is 0 Å². The molecular weight excluding hydrogens is 439 g/mol. The molecule has 0 saturated carbocycles. The zero-order valence-electron chi connectivity index (χ0n) is 12.3. The second kappa shape index (κ2) is 6.74. The smallest absolute Gasteiger partial charge is 0.332 e. The topological polar surface area (TPSA) is 81.3 Å². The van der Waals surface area contributed by atoms with Crippen LogP contribution in [0, 0.1) is 5.82 Å². The van der Waals surface area contributed by atoms with Gasteiger partial charge in [-0.25, -0.2) is 9.18 Å². The molecule has 0 aliphatic rings. The molecule has 0 radical (unpaired) electrons. The second-order valence-corrected chi connectivity index (χ2v) is 7.75. The van der Waals surface area contributed by atoms with Crippen LogP contribution in [0.5, 0.6) is 0 Å². The SMILES string of the molecule is O=C(O)Cn1c(=O)n(Cc2ccc(Br)cc2F)c(=O)c2sc(Cl)cc21. The van der Waals surface area contributed by atoms with Crippen molar-refractivity contribution in [3.8, 4) is 0 Å². The van der Waals surface area contributed by atoms with Crippen molar-refractivity contribution in [2.75, 3.05) is 0 Å². The van der Waals surface area contributed by atoms with Crippen molar-refractivity contribution in [2.24, 2.45) is 0 Å². The third kappa shape index (κ3) is 3.39. The molecule has 2 aromatic heterocycles. The summed E-state index contributed by atoms with van der Waals surface area (Å²) in [5.74, 6) is -1.83. The van der Waals surface area contributed by atoms with E-state index in [0.717, 1.165) is 20.5 Å². The number of thiophene rings is 1. The van der Waals surface area contributed by atoms with E-state index in [1.807, 2.05) is 0 Å². The zero-order valence-corrected chi connectivity index (χ0v) is 15.5. The summed E-state index contributed by atoms with van der Waals surface area (Å²) in [6, 6.07) is 5.62. The minimum Gasteiger partial charge on any atom is -0.480 e. The molecule has 10 heteroatoms. The van der Waals surface area contributed by atoms with Crippen LogP contribution in [0.25, 0.3) is 10.2 Å². The minimum absolute atomic E-state index is 0.131. The number of carboxylic acids is 1. The number of aromatic nitrogens is 2. The monoisotopic (exact) mass is 446 g/mol. The van der Waals surface area contributed by atoms with E-state index in [9.17, 15) is 18.8 Å². The summed E-state index contributed by atoms with van der Waals surface area (Å²) >= 11 is 9.98. The highest BCUT2D eigenvalue weighted by molar-refractivity contribution is 9.10. The zero-order chi connectivity index (χ0) is 18.3. The minimum atomic E-state index is -1.24. The highest BCUT2D eigenvalue weighted by Crippen LogP contribution is 2.26. The predicted octanol–water partition coefficient (Wildman–Crippen LogP) is 2.91. The first-order valence-corrected chi connectivity index (χ1v) is 8.85. The molecule has 0 spiro atoms. The number of hydrogen-bond donors (Lipinski definition) is 1. The molecule has 130 valence electrons. The molecule has 0 unspecified atom stereocenters. The number of benzene rings is 1. The lowest BCUT2D eigenvalue weighted by atomic mass is 10.2. The second-order valence-electron chi connectivity index (χ2n) is 5.15.